The van der Waals surface area contributed by atoms with Crippen LogP contribution in [0.25, 0.3) is 0 Å². The van der Waals surface area contributed by atoms with E-state index in [1.807, 2.05) is 6.92 Å². The van der Waals surface area contributed by atoms with Crippen LogP contribution < -0.4 is 15.0 Å². The minimum atomic E-state index is -0.715. The van der Waals surface area contributed by atoms with E-state index in [1.54, 1.807) is 49.4 Å². The minimum absolute atomic E-state index is 0.0121. The Morgan fingerprint density at radius 2 is 1.89 bits per heavy atom. The van der Waals surface area contributed by atoms with Gasteiger partial charge >= 0.3 is 0 Å². The molecule has 7 heteroatoms. The summed E-state index contributed by atoms with van der Waals surface area (Å²) in [4.78, 5) is 38.7. The normalized spacial score (nSPS) is 15.6. The van der Waals surface area contributed by atoms with Crippen molar-refractivity contribution in [1.82, 2.24) is 0 Å². The molecule has 0 bridgehead atoms. The molecule has 146 valence electrons. The fraction of sp³-hybridized carbons (Fsp3) is 0.286. The summed E-state index contributed by atoms with van der Waals surface area (Å²) in [6, 6.07) is 11.7. The molecule has 1 heterocycles. The lowest BCUT2D eigenvalue weighted by atomic mass is 10.0. The number of halogens is 1. The molecule has 2 amide bonds. The molecule has 2 aromatic carbocycles. The average Bonchev–Trinajstić information content (AvgIpc) is 2.67. The van der Waals surface area contributed by atoms with E-state index >= 15 is 0 Å². The Kier molecular flexibility index (Phi) is 5.99. The van der Waals surface area contributed by atoms with Crippen LogP contribution in [0, 0.1) is 0 Å². The zero-order chi connectivity index (χ0) is 20.3. The Hall–Kier alpha value is -2.86. The molecule has 1 aliphatic heterocycles. The van der Waals surface area contributed by atoms with Gasteiger partial charge in [-0.05, 0) is 55.8 Å². The van der Waals surface area contributed by atoms with E-state index in [-0.39, 0.29) is 24.1 Å². The second-order valence-electron chi connectivity index (χ2n) is 6.60. The number of carbonyl (C=O) groups is 3. The Morgan fingerprint density at radius 1 is 1.18 bits per heavy atom. The zero-order valence-electron chi connectivity index (χ0n) is 15.7. The number of rotatable bonds is 6. The first-order valence-corrected chi connectivity index (χ1v) is 9.47. The number of hydrogen-bond acceptors (Lipinski definition) is 4. The second kappa shape index (κ2) is 8.44. The van der Waals surface area contributed by atoms with Crippen LogP contribution in [0.5, 0.6) is 5.75 Å². The van der Waals surface area contributed by atoms with Crippen LogP contribution in [-0.2, 0) is 9.59 Å². The van der Waals surface area contributed by atoms with Gasteiger partial charge in [0.15, 0.2) is 11.9 Å². The smallest absolute Gasteiger partial charge is 0.268 e. The number of amides is 2. The number of hydrogen-bond donors (Lipinski definition) is 1. The molecule has 0 saturated heterocycles. The molecule has 6 nitrogen and oxygen atoms in total. The summed E-state index contributed by atoms with van der Waals surface area (Å²) in [5, 5.41) is 3.30. The summed E-state index contributed by atoms with van der Waals surface area (Å²) in [6.45, 7) is 3.37. The maximum atomic E-state index is 12.6. The van der Waals surface area contributed by atoms with Crippen molar-refractivity contribution in [2.75, 3.05) is 16.8 Å². The molecule has 2 aromatic rings. The highest BCUT2D eigenvalue weighted by atomic mass is 35.5. The van der Waals surface area contributed by atoms with Gasteiger partial charge in [0.2, 0.25) is 5.91 Å². The van der Waals surface area contributed by atoms with Crippen LogP contribution in [0.4, 0.5) is 11.4 Å². The van der Waals surface area contributed by atoms with Gasteiger partial charge < -0.3 is 10.1 Å². The van der Waals surface area contributed by atoms with Gasteiger partial charge in [0.25, 0.3) is 5.91 Å². The molecule has 0 fully saturated rings. The zero-order valence-corrected chi connectivity index (χ0v) is 16.5. The van der Waals surface area contributed by atoms with Crippen LogP contribution >= 0.6 is 11.6 Å². The molecule has 1 aliphatic rings. The van der Waals surface area contributed by atoms with Crippen molar-refractivity contribution >= 4 is 40.6 Å². The maximum Gasteiger partial charge on any atom is 0.268 e. The molecular weight excluding hydrogens is 380 g/mol. The van der Waals surface area contributed by atoms with E-state index in [1.165, 1.54) is 4.90 Å². The number of Topliss-reactive ketones (excluding diaryl/α,β-unsaturated/α-hetero) is 1. The summed E-state index contributed by atoms with van der Waals surface area (Å²) in [7, 11) is 0. The van der Waals surface area contributed by atoms with Gasteiger partial charge in [0.05, 0.1) is 5.69 Å². The molecule has 28 heavy (non-hydrogen) atoms. The predicted molar refractivity (Wildman–Crippen MR) is 108 cm³/mol. The fourth-order valence-corrected chi connectivity index (χ4v) is 3.12. The molecule has 1 unspecified atom stereocenters. The summed E-state index contributed by atoms with van der Waals surface area (Å²) in [5.41, 5.74) is 1.50. The van der Waals surface area contributed by atoms with Gasteiger partial charge in [0, 0.05) is 22.7 Å². The molecule has 3 rings (SSSR count). The Bertz CT molecular complexity index is 911. The predicted octanol–water partition coefficient (Wildman–Crippen LogP) is 4.08. The van der Waals surface area contributed by atoms with Crippen LogP contribution in [0.3, 0.4) is 0 Å². The first kappa shape index (κ1) is 19.9. The van der Waals surface area contributed by atoms with Gasteiger partial charge in [-0.2, -0.15) is 0 Å². The fourth-order valence-electron chi connectivity index (χ4n) is 2.99. The molecular formula is C21H21ClN2O4. The Labute approximate surface area is 168 Å². The van der Waals surface area contributed by atoms with E-state index in [4.69, 9.17) is 16.3 Å². The summed E-state index contributed by atoms with van der Waals surface area (Å²) < 4.78 is 5.63. The van der Waals surface area contributed by atoms with Gasteiger partial charge in [-0.25, -0.2) is 0 Å². The Morgan fingerprint density at radius 3 is 2.57 bits per heavy atom. The third-order valence-corrected chi connectivity index (χ3v) is 4.65. The van der Waals surface area contributed by atoms with E-state index in [0.717, 1.165) is 6.42 Å². The van der Waals surface area contributed by atoms with Crippen molar-refractivity contribution in [3.8, 4) is 5.75 Å². The van der Waals surface area contributed by atoms with Gasteiger partial charge in [-0.15, -0.1) is 0 Å². The molecule has 0 radical (unpaired) electrons. The van der Waals surface area contributed by atoms with Crippen molar-refractivity contribution in [2.24, 2.45) is 0 Å². The number of anilines is 2. The van der Waals surface area contributed by atoms with Crippen LogP contribution in [-0.4, -0.2) is 30.2 Å². The van der Waals surface area contributed by atoms with E-state index in [9.17, 15) is 14.4 Å². The quantitative estimate of drug-likeness (QED) is 0.741. The Balaban J connectivity index is 1.84. The number of carbonyl (C=O) groups excluding carboxylic acids is 3. The van der Waals surface area contributed by atoms with E-state index < -0.39 is 6.10 Å². The van der Waals surface area contributed by atoms with E-state index in [2.05, 4.69) is 5.32 Å². The second-order valence-corrected chi connectivity index (χ2v) is 7.03. The van der Waals surface area contributed by atoms with Crippen molar-refractivity contribution in [2.45, 2.75) is 32.8 Å². The highest BCUT2D eigenvalue weighted by Gasteiger charge is 2.33. The highest BCUT2D eigenvalue weighted by Crippen LogP contribution is 2.35. The first-order valence-electron chi connectivity index (χ1n) is 9.09. The lowest BCUT2D eigenvalue weighted by Crippen LogP contribution is -2.47. The van der Waals surface area contributed by atoms with Gasteiger partial charge in [-0.1, -0.05) is 18.5 Å². The topological polar surface area (TPSA) is 75.7 Å². The molecule has 0 spiro atoms. The largest absolute Gasteiger partial charge is 0.479 e. The number of nitrogens with one attached hydrogen (secondary N) is 1. The van der Waals surface area contributed by atoms with Crippen molar-refractivity contribution in [1.29, 1.82) is 0 Å². The number of ether oxygens (including phenoxy) is 1. The number of nitrogens with zero attached hydrogens (tertiary/aromatic N) is 1. The van der Waals surface area contributed by atoms with E-state index in [0.29, 0.717) is 34.1 Å². The van der Waals surface area contributed by atoms with Gasteiger partial charge in [0.1, 0.15) is 12.3 Å². The number of fused-ring (bicyclic) bond motifs is 1. The molecule has 1 N–H and O–H groups in total. The number of benzene rings is 2. The average molecular weight is 401 g/mol. The van der Waals surface area contributed by atoms with Crippen LogP contribution in [0.15, 0.2) is 42.5 Å². The number of ketones is 1. The first-order chi connectivity index (χ1) is 13.4. The molecule has 1 atom stereocenters. The maximum absolute atomic E-state index is 12.6. The highest BCUT2D eigenvalue weighted by molar-refractivity contribution is 6.30. The van der Waals surface area contributed by atoms with Crippen molar-refractivity contribution in [3.05, 3.63) is 53.1 Å². The summed E-state index contributed by atoms with van der Waals surface area (Å²) in [5.74, 6) is -0.235. The minimum Gasteiger partial charge on any atom is -0.479 e. The monoisotopic (exact) mass is 400 g/mol. The lowest BCUT2D eigenvalue weighted by Gasteiger charge is -2.32. The van der Waals surface area contributed by atoms with Crippen LogP contribution in [0.2, 0.25) is 5.02 Å². The molecule has 0 saturated carbocycles. The van der Waals surface area contributed by atoms with Crippen molar-refractivity contribution in [3.63, 3.8) is 0 Å². The lowest BCUT2D eigenvalue weighted by molar-refractivity contribution is -0.127. The summed E-state index contributed by atoms with van der Waals surface area (Å²) >= 11 is 5.85. The SMILES string of the molecule is CCCC(=O)c1ccc2c(c1)N(CC(=O)Nc1ccc(Cl)cc1)C(=O)C(C)O2. The van der Waals surface area contributed by atoms with Crippen LogP contribution in [0.1, 0.15) is 37.0 Å². The van der Waals surface area contributed by atoms with Gasteiger partial charge in [-0.3, -0.25) is 19.3 Å². The molecule has 0 aromatic heterocycles. The third kappa shape index (κ3) is 4.34. The standard InChI is InChI=1S/C21H21ClN2O4/c1-3-4-18(25)14-5-10-19-17(11-14)24(21(27)13(2)28-19)12-20(26)23-16-8-6-15(22)7-9-16/h5-11,13H,3-4,12H2,1-2H3,(H,23,26). The third-order valence-electron chi connectivity index (χ3n) is 4.40. The van der Waals surface area contributed by atoms with Crippen molar-refractivity contribution < 1.29 is 19.1 Å². The molecule has 0 aliphatic carbocycles. The summed E-state index contributed by atoms with van der Waals surface area (Å²) in [6.07, 6.45) is 0.435.